The lowest BCUT2D eigenvalue weighted by Crippen LogP contribution is -2.31. The van der Waals surface area contributed by atoms with Crippen molar-refractivity contribution in [1.82, 2.24) is 5.32 Å². The second-order valence-electron chi connectivity index (χ2n) is 5.02. The van der Waals surface area contributed by atoms with Gasteiger partial charge in [-0.2, -0.15) is 0 Å². The van der Waals surface area contributed by atoms with Crippen molar-refractivity contribution < 1.29 is 28.2 Å². The van der Waals surface area contributed by atoms with E-state index in [1.165, 1.54) is 24.5 Å². The highest BCUT2D eigenvalue weighted by Gasteiger charge is 2.16. The molecule has 1 aromatic carbocycles. The summed E-state index contributed by atoms with van der Waals surface area (Å²) in [5.41, 5.74) is -0.0200. The van der Waals surface area contributed by atoms with E-state index in [9.17, 15) is 18.8 Å². The van der Waals surface area contributed by atoms with E-state index in [1.807, 2.05) is 6.92 Å². The number of hydrogen-bond acceptors (Lipinski definition) is 6. The summed E-state index contributed by atoms with van der Waals surface area (Å²) in [4.78, 5) is 36.9. The summed E-state index contributed by atoms with van der Waals surface area (Å²) in [6.07, 6.45) is 0. The van der Waals surface area contributed by atoms with Crippen LogP contribution in [-0.2, 0) is 9.53 Å². The fraction of sp³-hybridized carbons (Fsp3) is 0.235. The molecule has 6 nitrogen and oxygen atoms in total. The van der Waals surface area contributed by atoms with Crippen molar-refractivity contribution in [3.63, 3.8) is 0 Å². The van der Waals surface area contributed by atoms with Crippen molar-refractivity contribution in [2.45, 2.75) is 6.92 Å². The first-order chi connectivity index (χ1) is 11.9. The largest absolute Gasteiger partial charge is 0.496 e. The number of amides is 1. The molecule has 1 heterocycles. The van der Waals surface area contributed by atoms with Gasteiger partial charge in [0.1, 0.15) is 18.1 Å². The van der Waals surface area contributed by atoms with Crippen LogP contribution in [0.1, 0.15) is 24.9 Å². The van der Waals surface area contributed by atoms with Gasteiger partial charge in [0.05, 0.1) is 17.6 Å². The zero-order chi connectivity index (χ0) is 18.4. The Labute approximate surface area is 147 Å². The normalized spacial score (nSPS) is 10.2. The van der Waals surface area contributed by atoms with Crippen molar-refractivity contribution in [3.05, 3.63) is 51.5 Å². The van der Waals surface area contributed by atoms with Crippen LogP contribution in [0, 0.1) is 12.7 Å². The van der Waals surface area contributed by atoms with E-state index < -0.39 is 30.1 Å². The van der Waals surface area contributed by atoms with Crippen LogP contribution in [0.2, 0.25) is 0 Å². The number of benzene rings is 1. The monoisotopic (exact) mass is 365 g/mol. The smallest absolute Gasteiger partial charge is 0.325 e. The molecule has 0 aliphatic rings. The Balaban J connectivity index is 1.84. The molecule has 2 rings (SSSR count). The summed E-state index contributed by atoms with van der Waals surface area (Å²) in [7, 11) is 1.35. The van der Waals surface area contributed by atoms with E-state index in [0.29, 0.717) is 4.88 Å². The molecule has 1 amide bonds. The molecule has 132 valence electrons. The van der Waals surface area contributed by atoms with Crippen molar-refractivity contribution in [2.75, 3.05) is 20.3 Å². The van der Waals surface area contributed by atoms with Gasteiger partial charge in [0, 0.05) is 4.88 Å². The first-order valence-corrected chi connectivity index (χ1v) is 8.09. The number of rotatable bonds is 7. The van der Waals surface area contributed by atoms with Gasteiger partial charge in [-0.05, 0) is 37.3 Å². The van der Waals surface area contributed by atoms with Gasteiger partial charge in [0.25, 0.3) is 5.91 Å². The topological polar surface area (TPSA) is 81.7 Å². The van der Waals surface area contributed by atoms with Gasteiger partial charge >= 0.3 is 5.97 Å². The van der Waals surface area contributed by atoms with Gasteiger partial charge in [-0.25, -0.2) is 4.39 Å². The highest BCUT2D eigenvalue weighted by Crippen LogP contribution is 2.20. The number of methoxy groups -OCH3 is 1. The van der Waals surface area contributed by atoms with E-state index in [4.69, 9.17) is 9.47 Å². The number of nitrogens with one attached hydrogen (secondary N) is 1. The number of hydrogen-bond donors (Lipinski definition) is 1. The zero-order valence-electron chi connectivity index (χ0n) is 13.6. The van der Waals surface area contributed by atoms with E-state index in [-0.39, 0.29) is 17.9 Å². The first kappa shape index (κ1) is 18.6. The SMILES string of the molecule is COc1ccc(F)cc1C(=O)COC(=O)CNC(=O)c1ccc(C)s1. The first-order valence-electron chi connectivity index (χ1n) is 7.27. The average molecular weight is 365 g/mol. The minimum absolute atomic E-state index is 0.0200. The summed E-state index contributed by atoms with van der Waals surface area (Å²) in [6, 6.07) is 6.93. The summed E-state index contributed by atoms with van der Waals surface area (Å²) in [5, 5.41) is 2.41. The van der Waals surface area contributed by atoms with Gasteiger partial charge in [-0.15, -0.1) is 11.3 Å². The molecule has 0 saturated heterocycles. The second kappa shape index (κ2) is 8.39. The lowest BCUT2D eigenvalue weighted by molar-refractivity contribution is -0.141. The Bertz CT molecular complexity index is 802. The molecule has 1 N–H and O–H groups in total. The number of esters is 1. The predicted octanol–water partition coefficient (Wildman–Crippen LogP) is 2.36. The third kappa shape index (κ3) is 5.12. The Kier molecular flexibility index (Phi) is 6.24. The van der Waals surface area contributed by atoms with Crippen molar-refractivity contribution in [3.8, 4) is 5.75 Å². The Hall–Kier alpha value is -2.74. The van der Waals surface area contributed by atoms with Crippen LogP contribution in [-0.4, -0.2) is 37.9 Å². The summed E-state index contributed by atoms with van der Waals surface area (Å²) < 4.78 is 23.0. The summed E-state index contributed by atoms with van der Waals surface area (Å²) in [5.74, 6) is -2.19. The van der Waals surface area contributed by atoms with Gasteiger partial charge in [-0.3, -0.25) is 14.4 Å². The van der Waals surface area contributed by atoms with Crippen LogP contribution < -0.4 is 10.1 Å². The summed E-state index contributed by atoms with van der Waals surface area (Å²) >= 11 is 1.30. The highest BCUT2D eigenvalue weighted by atomic mass is 32.1. The van der Waals surface area contributed by atoms with E-state index in [0.717, 1.165) is 17.0 Å². The van der Waals surface area contributed by atoms with Crippen molar-refractivity contribution >= 4 is 29.0 Å². The maximum Gasteiger partial charge on any atom is 0.325 e. The number of thiophene rings is 1. The molecule has 0 atom stereocenters. The molecule has 8 heteroatoms. The van der Waals surface area contributed by atoms with Gasteiger partial charge in [0.2, 0.25) is 5.78 Å². The standard InChI is InChI=1S/C17H16FNO5S/c1-10-3-6-15(25-10)17(22)19-8-16(21)24-9-13(20)12-7-11(18)4-5-14(12)23-2/h3-7H,8-9H2,1-2H3,(H,19,22). The van der Waals surface area contributed by atoms with E-state index >= 15 is 0 Å². The quantitative estimate of drug-likeness (QED) is 0.602. The molecule has 1 aromatic heterocycles. The molecule has 0 bridgehead atoms. The third-order valence-electron chi connectivity index (χ3n) is 3.18. The number of aryl methyl sites for hydroxylation is 1. The van der Waals surface area contributed by atoms with Crippen molar-refractivity contribution in [2.24, 2.45) is 0 Å². The number of ether oxygens (including phenoxy) is 2. The molecule has 0 saturated carbocycles. The van der Waals surface area contributed by atoms with Crippen LogP contribution in [0.3, 0.4) is 0 Å². The van der Waals surface area contributed by atoms with E-state index in [2.05, 4.69) is 5.32 Å². The predicted molar refractivity (Wildman–Crippen MR) is 89.6 cm³/mol. The van der Waals surface area contributed by atoms with Crippen LogP contribution in [0.4, 0.5) is 4.39 Å². The number of Topliss-reactive ketones (excluding diaryl/α,β-unsaturated/α-hetero) is 1. The minimum atomic E-state index is -0.773. The Morgan fingerprint density at radius 3 is 2.60 bits per heavy atom. The highest BCUT2D eigenvalue weighted by molar-refractivity contribution is 7.13. The molecular weight excluding hydrogens is 349 g/mol. The van der Waals surface area contributed by atoms with Crippen LogP contribution in [0.25, 0.3) is 0 Å². The van der Waals surface area contributed by atoms with E-state index in [1.54, 1.807) is 12.1 Å². The maximum atomic E-state index is 13.3. The zero-order valence-corrected chi connectivity index (χ0v) is 14.4. The molecular formula is C17H16FNO5S. The van der Waals surface area contributed by atoms with Crippen molar-refractivity contribution in [1.29, 1.82) is 0 Å². The molecule has 0 unspecified atom stereocenters. The lowest BCUT2D eigenvalue weighted by atomic mass is 10.1. The molecule has 25 heavy (non-hydrogen) atoms. The Morgan fingerprint density at radius 1 is 1.20 bits per heavy atom. The number of carbonyl (C=O) groups is 3. The number of ketones is 1. The minimum Gasteiger partial charge on any atom is -0.496 e. The van der Waals surface area contributed by atoms with Gasteiger partial charge in [0.15, 0.2) is 6.61 Å². The van der Waals surface area contributed by atoms with Gasteiger partial charge < -0.3 is 14.8 Å². The maximum absolute atomic E-state index is 13.3. The summed E-state index contributed by atoms with van der Waals surface area (Å²) in [6.45, 7) is 0.915. The molecule has 0 aliphatic carbocycles. The number of halogens is 1. The van der Waals surface area contributed by atoms with Crippen LogP contribution in [0.15, 0.2) is 30.3 Å². The lowest BCUT2D eigenvalue weighted by Gasteiger charge is -2.09. The third-order valence-corrected chi connectivity index (χ3v) is 4.18. The average Bonchev–Trinajstić information content (AvgIpc) is 3.04. The van der Waals surface area contributed by atoms with Crippen LogP contribution >= 0.6 is 11.3 Å². The van der Waals surface area contributed by atoms with Crippen LogP contribution in [0.5, 0.6) is 5.75 Å². The molecule has 2 aromatic rings. The fourth-order valence-electron chi connectivity index (χ4n) is 1.97. The molecule has 0 spiro atoms. The van der Waals surface area contributed by atoms with Gasteiger partial charge in [-0.1, -0.05) is 0 Å². The fourth-order valence-corrected chi connectivity index (χ4v) is 2.75. The molecule has 0 aliphatic heterocycles. The second-order valence-corrected chi connectivity index (χ2v) is 6.31. The molecule has 0 fully saturated rings. The Morgan fingerprint density at radius 2 is 1.96 bits per heavy atom. The number of carbonyl (C=O) groups excluding carboxylic acids is 3. The molecule has 0 radical (unpaired) electrons.